The number of ether oxygens (including phenoxy) is 2. The van der Waals surface area contributed by atoms with Crippen LogP contribution < -0.4 is 10.1 Å². The van der Waals surface area contributed by atoms with E-state index in [4.69, 9.17) is 9.47 Å². The molecule has 1 unspecified atom stereocenters. The molecule has 0 bridgehead atoms. The van der Waals surface area contributed by atoms with Crippen LogP contribution in [-0.4, -0.2) is 51.9 Å². The van der Waals surface area contributed by atoms with Crippen molar-refractivity contribution in [2.75, 3.05) is 32.6 Å². The summed E-state index contributed by atoms with van der Waals surface area (Å²) >= 11 is 1.32. The van der Waals surface area contributed by atoms with Crippen molar-refractivity contribution in [1.29, 1.82) is 0 Å². The van der Waals surface area contributed by atoms with E-state index in [9.17, 15) is 18.0 Å². The number of aryl methyl sites for hydroxylation is 1. The summed E-state index contributed by atoms with van der Waals surface area (Å²) in [4.78, 5) is 25.4. The Labute approximate surface area is 202 Å². The Morgan fingerprint density at radius 2 is 1.91 bits per heavy atom. The van der Waals surface area contributed by atoms with Gasteiger partial charge in [-0.05, 0) is 67.1 Å². The Kier molecular flexibility index (Phi) is 6.92. The van der Waals surface area contributed by atoms with Crippen molar-refractivity contribution < 1.29 is 27.5 Å². The van der Waals surface area contributed by atoms with Crippen LogP contribution in [0.4, 0.5) is 5.69 Å². The number of sulfonamides is 1. The van der Waals surface area contributed by atoms with Gasteiger partial charge in [-0.2, -0.15) is 4.31 Å². The van der Waals surface area contributed by atoms with Gasteiger partial charge in [-0.15, -0.1) is 11.3 Å². The third kappa shape index (κ3) is 4.79. The third-order valence-electron chi connectivity index (χ3n) is 5.86. The number of benzene rings is 2. The fraction of sp³-hybridized carbons (Fsp3) is 0.333. The van der Waals surface area contributed by atoms with E-state index in [1.165, 1.54) is 29.9 Å². The first-order valence-corrected chi connectivity index (χ1v) is 13.1. The maximum atomic E-state index is 13.4. The molecule has 34 heavy (non-hydrogen) atoms. The van der Waals surface area contributed by atoms with E-state index in [-0.39, 0.29) is 23.1 Å². The Balaban J connectivity index is 1.50. The average molecular weight is 503 g/mol. The molecule has 0 spiro atoms. The molecule has 2 heterocycles. The predicted molar refractivity (Wildman–Crippen MR) is 131 cm³/mol. The molecule has 1 atom stereocenters. The molecule has 0 saturated carbocycles. The molecule has 1 aliphatic rings. The summed E-state index contributed by atoms with van der Waals surface area (Å²) in [7, 11) is -1.04. The summed E-state index contributed by atoms with van der Waals surface area (Å²) in [6.07, 6.45) is 1.17. The van der Waals surface area contributed by atoms with Crippen LogP contribution in [0.5, 0.6) is 5.75 Å². The van der Waals surface area contributed by atoms with E-state index < -0.39 is 21.9 Å². The Morgan fingerprint density at radius 1 is 1.12 bits per heavy atom. The molecule has 0 radical (unpaired) electrons. The number of hydrogen-bond acceptors (Lipinski definition) is 7. The first-order valence-electron chi connectivity index (χ1n) is 10.8. The number of carbonyl (C=O) groups excluding carboxylic acids is 2. The lowest BCUT2D eigenvalue weighted by Crippen LogP contribution is -2.43. The number of thiophene rings is 1. The number of nitrogens with one attached hydrogen (secondary N) is 1. The highest BCUT2D eigenvalue weighted by molar-refractivity contribution is 7.89. The van der Waals surface area contributed by atoms with Crippen LogP contribution in [0.2, 0.25) is 0 Å². The Morgan fingerprint density at radius 3 is 2.65 bits per heavy atom. The first kappa shape index (κ1) is 24.2. The minimum absolute atomic E-state index is 0.0957. The summed E-state index contributed by atoms with van der Waals surface area (Å²) in [5.74, 6) is -0.838. The monoisotopic (exact) mass is 502 g/mol. The van der Waals surface area contributed by atoms with Crippen LogP contribution in [0.1, 0.15) is 28.1 Å². The number of carbonyl (C=O) groups is 2. The van der Waals surface area contributed by atoms with Crippen molar-refractivity contribution in [3.05, 3.63) is 52.9 Å². The largest absolute Gasteiger partial charge is 0.495 e. The lowest BCUT2D eigenvalue weighted by Gasteiger charge is -2.31. The van der Waals surface area contributed by atoms with Crippen molar-refractivity contribution in [3.63, 3.8) is 0 Å². The molecule has 0 aliphatic carbocycles. The van der Waals surface area contributed by atoms with Gasteiger partial charge in [0.15, 0.2) is 0 Å². The van der Waals surface area contributed by atoms with Crippen molar-refractivity contribution in [2.45, 2.75) is 24.7 Å². The summed E-state index contributed by atoms with van der Waals surface area (Å²) in [5, 5.41) is 3.72. The fourth-order valence-electron chi connectivity index (χ4n) is 4.07. The van der Waals surface area contributed by atoms with E-state index in [2.05, 4.69) is 5.32 Å². The highest BCUT2D eigenvalue weighted by atomic mass is 32.2. The molecule has 10 heteroatoms. The van der Waals surface area contributed by atoms with Gasteiger partial charge in [-0.1, -0.05) is 6.07 Å². The number of piperidine rings is 1. The van der Waals surface area contributed by atoms with E-state index in [0.29, 0.717) is 30.0 Å². The second-order valence-electron chi connectivity index (χ2n) is 8.20. The van der Waals surface area contributed by atoms with E-state index >= 15 is 0 Å². The lowest BCUT2D eigenvalue weighted by molar-refractivity contribution is -0.120. The number of hydrogen-bond donors (Lipinski definition) is 1. The van der Waals surface area contributed by atoms with Gasteiger partial charge in [0.25, 0.3) is 0 Å². The van der Waals surface area contributed by atoms with Gasteiger partial charge in [0.05, 0.1) is 20.1 Å². The summed E-state index contributed by atoms with van der Waals surface area (Å²) < 4.78 is 39.0. The molecule has 1 N–H and O–H groups in total. The number of amides is 1. The van der Waals surface area contributed by atoms with Crippen LogP contribution in [-0.2, 0) is 19.6 Å². The van der Waals surface area contributed by atoms with Crippen molar-refractivity contribution in [3.8, 4) is 5.75 Å². The van der Waals surface area contributed by atoms with Gasteiger partial charge in [-0.3, -0.25) is 4.79 Å². The zero-order valence-electron chi connectivity index (χ0n) is 19.2. The molecular formula is C24H26N2O6S2. The number of methoxy groups -OCH3 is 2. The lowest BCUT2D eigenvalue weighted by atomic mass is 9.98. The molecule has 2 aromatic carbocycles. The topological polar surface area (TPSA) is 102 Å². The highest BCUT2D eigenvalue weighted by Crippen LogP contribution is 2.32. The molecule has 3 aromatic rings. The molecule has 1 fully saturated rings. The molecule has 8 nitrogen and oxygen atoms in total. The summed E-state index contributed by atoms with van der Waals surface area (Å²) in [5.41, 5.74) is 1.40. The van der Waals surface area contributed by atoms with E-state index in [1.807, 2.05) is 13.0 Å². The van der Waals surface area contributed by atoms with E-state index in [1.54, 1.807) is 36.4 Å². The van der Waals surface area contributed by atoms with Gasteiger partial charge in [0.2, 0.25) is 15.9 Å². The number of esters is 1. The number of anilines is 1. The van der Waals surface area contributed by atoms with E-state index in [0.717, 1.165) is 15.6 Å². The fourth-order valence-corrected chi connectivity index (χ4v) is 6.79. The molecule has 1 amide bonds. The third-order valence-corrected chi connectivity index (χ3v) is 8.84. The summed E-state index contributed by atoms with van der Waals surface area (Å²) in [6, 6.07) is 12.2. The maximum absolute atomic E-state index is 13.4. The Hall–Kier alpha value is -2.95. The highest BCUT2D eigenvalue weighted by Gasteiger charge is 2.35. The average Bonchev–Trinajstić information content (AvgIpc) is 3.27. The zero-order chi connectivity index (χ0) is 24.5. The van der Waals surface area contributed by atoms with Crippen molar-refractivity contribution in [1.82, 2.24) is 4.31 Å². The molecule has 180 valence electrons. The molecule has 1 aromatic heterocycles. The van der Waals surface area contributed by atoms with Crippen LogP contribution in [0, 0.1) is 12.8 Å². The molecule has 4 rings (SSSR count). The smallest absolute Gasteiger partial charge is 0.348 e. The minimum atomic E-state index is -3.82. The van der Waals surface area contributed by atoms with Gasteiger partial charge in [-0.25, -0.2) is 13.2 Å². The van der Waals surface area contributed by atoms with Crippen LogP contribution in [0.3, 0.4) is 0 Å². The number of rotatable bonds is 6. The molecule has 1 saturated heterocycles. The summed E-state index contributed by atoms with van der Waals surface area (Å²) in [6.45, 7) is 2.27. The predicted octanol–water partition coefficient (Wildman–Crippen LogP) is 4.04. The Bertz CT molecular complexity index is 1350. The van der Waals surface area contributed by atoms with Crippen LogP contribution >= 0.6 is 11.3 Å². The van der Waals surface area contributed by atoms with Gasteiger partial charge < -0.3 is 14.8 Å². The van der Waals surface area contributed by atoms with Gasteiger partial charge in [0.1, 0.15) is 15.5 Å². The van der Waals surface area contributed by atoms with Crippen LogP contribution in [0.25, 0.3) is 10.1 Å². The maximum Gasteiger partial charge on any atom is 0.348 e. The molecule has 1 aliphatic heterocycles. The normalized spacial score (nSPS) is 16.9. The first-order chi connectivity index (χ1) is 16.2. The quantitative estimate of drug-likeness (QED) is 0.511. The minimum Gasteiger partial charge on any atom is -0.495 e. The second kappa shape index (κ2) is 9.73. The van der Waals surface area contributed by atoms with Crippen molar-refractivity contribution in [2.24, 2.45) is 5.92 Å². The SMILES string of the molecule is COC(=O)c1cc2cc(NC(=O)C3CCCN(S(=O)(=O)c4cc(C)ccc4OC)C3)ccc2s1. The van der Waals surface area contributed by atoms with Crippen LogP contribution in [0.15, 0.2) is 47.4 Å². The number of nitrogens with zero attached hydrogens (tertiary/aromatic N) is 1. The zero-order valence-corrected chi connectivity index (χ0v) is 20.8. The van der Waals surface area contributed by atoms with Gasteiger partial charge in [0, 0.05) is 23.5 Å². The molecular weight excluding hydrogens is 476 g/mol. The van der Waals surface area contributed by atoms with Crippen molar-refractivity contribution >= 4 is 49.0 Å². The van der Waals surface area contributed by atoms with Gasteiger partial charge >= 0.3 is 5.97 Å². The number of fused-ring (bicyclic) bond motifs is 1. The second-order valence-corrected chi connectivity index (χ2v) is 11.2. The standard InChI is InChI=1S/C24H26N2O6S2/c1-15-6-8-19(31-2)22(11-15)34(29,30)26-10-4-5-16(14-26)23(27)25-18-7-9-20-17(12-18)13-21(33-20)24(28)32-3/h6-9,11-13,16H,4-5,10,14H2,1-3H3,(H,25,27).